The van der Waals surface area contributed by atoms with Gasteiger partial charge in [-0.3, -0.25) is 25.0 Å². The number of aromatic nitrogens is 2. The van der Waals surface area contributed by atoms with Crippen molar-refractivity contribution in [1.82, 2.24) is 30.1 Å². The third-order valence-electron chi connectivity index (χ3n) is 8.54. The Kier molecular flexibility index (Phi) is 9.13. The SMILES string of the molecule is CC1CCC(N(NC(=O)c2ccc(CN3CCC(N4CCN(C)CC4)CC3)cc2)c2nc(C#N)ncc2Br)C1. The zero-order valence-corrected chi connectivity index (χ0v) is 24.6. The van der Waals surface area contributed by atoms with E-state index < -0.39 is 0 Å². The maximum Gasteiger partial charge on any atom is 0.269 e. The van der Waals surface area contributed by atoms with E-state index in [0.717, 1.165) is 38.9 Å². The minimum atomic E-state index is -0.182. The van der Waals surface area contributed by atoms with Crippen LogP contribution in [0.5, 0.6) is 0 Å². The number of piperazine rings is 1. The van der Waals surface area contributed by atoms with Crippen LogP contribution in [-0.2, 0) is 6.54 Å². The van der Waals surface area contributed by atoms with E-state index in [1.807, 2.05) is 23.2 Å². The summed E-state index contributed by atoms with van der Waals surface area (Å²) in [6.45, 7) is 10.1. The summed E-state index contributed by atoms with van der Waals surface area (Å²) in [5, 5.41) is 11.2. The lowest BCUT2D eigenvalue weighted by Crippen LogP contribution is -2.52. The predicted octanol–water partition coefficient (Wildman–Crippen LogP) is 3.66. The molecule has 3 fully saturated rings. The van der Waals surface area contributed by atoms with Crippen LogP contribution in [0.4, 0.5) is 5.82 Å². The van der Waals surface area contributed by atoms with Gasteiger partial charge in [0.25, 0.3) is 5.91 Å². The minimum Gasteiger partial charge on any atom is -0.304 e. The number of benzene rings is 1. The third kappa shape index (κ3) is 6.95. The second kappa shape index (κ2) is 12.7. The Labute approximate surface area is 240 Å². The van der Waals surface area contributed by atoms with Gasteiger partial charge >= 0.3 is 0 Å². The summed E-state index contributed by atoms with van der Waals surface area (Å²) < 4.78 is 0.646. The second-order valence-electron chi connectivity index (χ2n) is 11.4. The molecule has 0 radical (unpaired) electrons. The zero-order valence-electron chi connectivity index (χ0n) is 23.0. The Hall–Kier alpha value is -2.58. The molecule has 1 aromatic carbocycles. The number of nitriles is 1. The predicted molar refractivity (Wildman–Crippen MR) is 155 cm³/mol. The fourth-order valence-electron chi connectivity index (χ4n) is 6.13. The van der Waals surface area contributed by atoms with Crippen molar-refractivity contribution in [2.75, 3.05) is 51.3 Å². The highest BCUT2D eigenvalue weighted by Crippen LogP contribution is 2.33. The zero-order chi connectivity index (χ0) is 27.4. The van der Waals surface area contributed by atoms with Crippen LogP contribution < -0.4 is 10.4 Å². The number of rotatable bonds is 7. The number of carbonyl (C=O) groups excluding carboxylic acids is 1. The van der Waals surface area contributed by atoms with Crippen LogP contribution in [0, 0.1) is 17.2 Å². The molecule has 2 unspecified atom stereocenters. The molecule has 1 aromatic heterocycles. The largest absolute Gasteiger partial charge is 0.304 e. The fourth-order valence-corrected chi connectivity index (χ4v) is 6.52. The van der Waals surface area contributed by atoms with E-state index in [1.165, 1.54) is 44.6 Å². The molecule has 2 aliphatic heterocycles. The first-order valence-corrected chi connectivity index (χ1v) is 15.0. The molecule has 1 saturated carbocycles. The second-order valence-corrected chi connectivity index (χ2v) is 12.3. The van der Waals surface area contributed by atoms with E-state index in [0.29, 0.717) is 27.8 Å². The van der Waals surface area contributed by atoms with Gasteiger partial charge in [-0.2, -0.15) is 10.2 Å². The van der Waals surface area contributed by atoms with Gasteiger partial charge in [-0.1, -0.05) is 19.1 Å². The molecule has 0 spiro atoms. The molecular formula is C29H39BrN8O. The van der Waals surface area contributed by atoms with Gasteiger partial charge in [0, 0.05) is 50.5 Å². The van der Waals surface area contributed by atoms with E-state index in [4.69, 9.17) is 0 Å². The van der Waals surface area contributed by atoms with Crippen LogP contribution in [0.15, 0.2) is 34.9 Å². The molecule has 0 bridgehead atoms. The molecule has 3 aliphatic rings. The average Bonchev–Trinajstić information content (AvgIpc) is 3.39. The number of piperidine rings is 1. The standard InChI is InChI=1S/C29H39BrN8O/c1-21-3-8-25(17-21)38(28-26(30)19-32-27(18-31)33-28)34-29(39)23-6-4-22(5-7-23)20-36-11-9-24(10-12-36)37-15-13-35(2)14-16-37/h4-7,19,21,24-25H,3,8-17,20H2,1-2H3,(H,34,39). The van der Waals surface area contributed by atoms with Gasteiger partial charge in [0.15, 0.2) is 5.82 Å². The first-order valence-electron chi connectivity index (χ1n) is 14.2. The van der Waals surface area contributed by atoms with E-state index >= 15 is 0 Å². The molecule has 10 heteroatoms. The summed E-state index contributed by atoms with van der Waals surface area (Å²) in [5.41, 5.74) is 4.92. The van der Waals surface area contributed by atoms with Crippen molar-refractivity contribution in [3.05, 3.63) is 51.9 Å². The van der Waals surface area contributed by atoms with Crippen LogP contribution in [-0.4, -0.2) is 89.0 Å². The van der Waals surface area contributed by atoms with Crippen LogP contribution >= 0.6 is 15.9 Å². The lowest BCUT2D eigenvalue weighted by Gasteiger charge is -2.42. The molecule has 1 N–H and O–H groups in total. The number of amides is 1. The first-order chi connectivity index (χ1) is 18.9. The molecule has 1 aliphatic carbocycles. The maximum absolute atomic E-state index is 13.3. The van der Waals surface area contributed by atoms with Gasteiger partial charge in [-0.05, 0) is 91.8 Å². The van der Waals surface area contributed by atoms with Crippen molar-refractivity contribution in [1.29, 1.82) is 5.26 Å². The van der Waals surface area contributed by atoms with Crippen LogP contribution in [0.2, 0.25) is 0 Å². The molecule has 1 amide bonds. The number of hydrogen-bond donors (Lipinski definition) is 1. The Morgan fingerprint density at radius 1 is 1.10 bits per heavy atom. The van der Waals surface area contributed by atoms with Gasteiger partial charge in [0.1, 0.15) is 6.07 Å². The summed E-state index contributed by atoms with van der Waals surface area (Å²) >= 11 is 3.52. The van der Waals surface area contributed by atoms with E-state index in [1.54, 1.807) is 6.20 Å². The fraction of sp³-hybridized carbons (Fsp3) is 0.586. The molecule has 3 heterocycles. The smallest absolute Gasteiger partial charge is 0.269 e. The summed E-state index contributed by atoms with van der Waals surface area (Å²) in [6, 6.07) is 10.8. The third-order valence-corrected chi connectivity index (χ3v) is 9.10. The van der Waals surface area contributed by atoms with Crippen molar-refractivity contribution >= 4 is 27.7 Å². The molecule has 5 rings (SSSR count). The number of hydrogen-bond acceptors (Lipinski definition) is 8. The van der Waals surface area contributed by atoms with Gasteiger partial charge < -0.3 is 4.90 Å². The van der Waals surface area contributed by atoms with Crippen molar-refractivity contribution in [2.24, 2.45) is 5.92 Å². The summed E-state index contributed by atoms with van der Waals surface area (Å²) in [6.07, 6.45) is 7.01. The summed E-state index contributed by atoms with van der Waals surface area (Å²) in [7, 11) is 2.21. The maximum atomic E-state index is 13.3. The Morgan fingerprint density at radius 2 is 1.82 bits per heavy atom. The van der Waals surface area contributed by atoms with E-state index in [2.05, 4.69) is 72.1 Å². The highest BCUT2D eigenvalue weighted by atomic mass is 79.9. The van der Waals surface area contributed by atoms with Gasteiger partial charge in [0.2, 0.25) is 5.82 Å². The number of carbonyl (C=O) groups is 1. The normalized spacial score (nSPS) is 23.4. The summed E-state index contributed by atoms with van der Waals surface area (Å²) in [5.74, 6) is 0.982. The Bertz CT molecular complexity index is 1170. The van der Waals surface area contributed by atoms with Crippen LogP contribution in [0.3, 0.4) is 0 Å². The number of nitrogens with one attached hydrogen (secondary N) is 1. The van der Waals surface area contributed by atoms with Crippen molar-refractivity contribution in [2.45, 2.75) is 57.7 Å². The number of nitrogens with zero attached hydrogens (tertiary/aromatic N) is 7. The monoisotopic (exact) mass is 594 g/mol. The van der Waals surface area contributed by atoms with E-state index in [-0.39, 0.29) is 17.8 Å². The number of hydrazine groups is 1. The highest BCUT2D eigenvalue weighted by Gasteiger charge is 2.31. The lowest BCUT2D eigenvalue weighted by molar-refractivity contribution is 0.0658. The van der Waals surface area contributed by atoms with Gasteiger partial charge in [0.05, 0.1) is 10.5 Å². The molecule has 2 aromatic rings. The number of likely N-dealkylation sites (tertiary alicyclic amines) is 1. The molecule has 2 saturated heterocycles. The number of anilines is 1. The van der Waals surface area contributed by atoms with Crippen molar-refractivity contribution in [3.8, 4) is 6.07 Å². The lowest BCUT2D eigenvalue weighted by atomic mass is 10.0. The quantitative estimate of drug-likeness (QED) is 0.486. The number of halogens is 1. The molecule has 208 valence electrons. The Balaban J connectivity index is 1.19. The van der Waals surface area contributed by atoms with E-state index in [9.17, 15) is 10.1 Å². The molecule has 39 heavy (non-hydrogen) atoms. The molecule has 9 nitrogen and oxygen atoms in total. The number of likely N-dealkylation sites (N-methyl/N-ethyl adjacent to an activating group) is 1. The van der Waals surface area contributed by atoms with Gasteiger partial charge in [-0.25, -0.2) is 4.98 Å². The minimum absolute atomic E-state index is 0.0791. The van der Waals surface area contributed by atoms with Crippen molar-refractivity contribution in [3.63, 3.8) is 0 Å². The highest BCUT2D eigenvalue weighted by molar-refractivity contribution is 9.10. The average molecular weight is 596 g/mol. The van der Waals surface area contributed by atoms with Gasteiger partial charge in [-0.15, -0.1) is 0 Å². The topological polar surface area (TPSA) is 91.6 Å². The first kappa shape index (κ1) is 28.0. The molecular weight excluding hydrogens is 556 g/mol. The summed E-state index contributed by atoms with van der Waals surface area (Å²) in [4.78, 5) is 29.4. The van der Waals surface area contributed by atoms with Crippen LogP contribution in [0.1, 0.15) is 60.8 Å². The van der Waals surface area contributed by atoms with Crippen molar-refractivity contribution < 1.29 is 4.79 Å². The Morgan fingerprint density at radius 3 is 2.46 bits per heavy atom. The molecule has 2 atom stereocenters. The van der Waals surface area contributed by atoms with Crippen LogP contribution in [0.25, 0.3) is 0 Å².